The highest BCUT2D eigenvalue weighted by molar-refractivity contribution is 5.43. The van der Waals surface area contributed by atoms with Crippen LogP contribution in [0.1, 0.15) is 11.3 Å². The van der Waals surface area contributed by atoms with E-state index in [0.29, 0.717) is 0 Å². The van der Waals surface area contributed by atoms with Crippen LogP contribution in [0.25, 0.3) is 0 Å². The van der Waals surface area contributed by atoms with E-state index in [4.69, 9.17) is 5.26 Å². The Kier molecular flexibility index (Phi) is 3.70. The van der Waals surface area contributed by atoms with Crippen LogP contribution in [-0.2, 0) is 6.42 Å². The van der Waals surface area contributed by atoms with Crippen molar-refractivity contribution < 1.29 is 22.8 Å². The summed E-state index contributed by atoms with van der Waals surface area (Å²) < 4.78 is 39.8. The van der Waals surface area contributed by atoms with Crippen LogP contribution in [0.15, 0.2) is 6.07 Å². The maximum atomic E-state index is 12.0. The number of nitrogens with zero attached hydrogens (tertiary/aromatic N) is 3. The van der Waals surface area contributed by atoms with Gasteiger partial charge in [0.05, 0.1) is 18.1 Å². The Labute approximate surface area is 98.8 Å². The Bertz CT molecular complexity index is 522. The number of hydrogen-bond donors (Lipinski definition) is 0. The normalized spacial score (nSPS) is 10.8. The predicted molar refractivity (Wildman–Crippen MR) is 51.6 cm³/mol. The summed E-state index contributed by atoms with van der Waals surface area (Å²) in [4.78, 5) is 13.2. The van der Waals surface area contributed by atoms with Gasteiger partial charge < -0.3 is 14.9 Å². The number of hydrogen-bond acceptors (Lipinski definition) is 5. The van der Waals surface area contributed by atoms with Gasteiger partial charge in [0.15, 0.2) is 11.4 Å². The minimum Gasteiger partial charge on any atom is -0.401 e. The molecule has 0 aliphatic heterocycles. The van der Waals surface area contributed by atoms with Crippen molar-refractivity contribution in [1.82, 2.24) is 4.98 Å². The molecule has 96 valence electrons. The molecule has 0 unspecified atom stereocenters. The fraction of sp³-hybridized carbons (Fsp3) is 0.333. The zero-order chi connectivity index (χ0) is 13.9. The number of nitriles is 1. The van der Waals surface area contributed by atoms with Gasteiger partial charge in [-0.15, -0.1) is 13.2 Å². The van der Waals surface area contributed by atoms with Crippen molar-refractivity contribution >= 4 is 5.82 Å². The minimum absolute atomic E-state index is 0.229. The largest absolute Gasteiger partial charge is 0.573 e. The molecule has 1 heterocycles. The van der Waals surface area contributed by atoms with E-state index in [1.165, 1.54) is 0 Å². The summed E-state index contributed by atoms with van der Waals surface area (Å²) >= 11 is 0. The molecule has 1 aromatic rings. The van der Waals surface area contributed by atoms with Crippen LogP contribution >= 0.6 is 0 Å². The van der Waals surface area contributed by atoms with Crippen molar-refractivity contribution in [3.8, 4) is 11.8 Å². The highest BCUT2D eigenvalue weighted by Gasteiger charge is 2.34. The maximum Gasteiger partial charge on any atom is 0.573 e. The Morgan fingerprint density at radius 3 is 2.67 bits per heavy atom. The molecule has 0 aliphatic rings. The smallest absolute Gasteiger partial charge is 0.401 e. The zero-order valence-corrected chi connectivity index (χ0v) is 8.98. The molecule has 0 atom stereocenters. The van der Waals surface area contributed by atoms with Crippen LogP contribution < -0.4 is 4.74 Å². The van der Waals surface area contributed by atoms with E-state index in [1.807, 2.05) is 0 Å². The van der Waals surface area contributed by atoms with Gasteiger partial charge in [0.25, 0.3) is 0 Å². The van der Waals surface area contributed by atoms with Crippen molar-refractivity contribution in [3.05, 3.63) is 27.4 Å². The van der Waals surface area contributed by atoms with Crippen molar-refractivity contribution in [2.75, 3.05) is 0 Å². The number of ether oxygens (including phenoxy) is 1. The molecule has 0 amide bonds. The van der Waals surface area contributed by atoms with Crippen LogP contribution in [0, 0.1) is 28.4 Å². The van der Waals surface area contributed by atoms with Crippen LogP contribution in [-0.4, -0.2) is 16.3 Å². The second-order valence-corrected chi connectivity index (χ2v) is 3.19. The number of halogens is 3. The molecule has 0 aliphatic carbocycles. The highest BCUT2D eigenvalue weighted by atomic mass is 19.4. The molecule has 0 spiro atoms. The van der Waals surface area contributed by atoms with Gasteiger partial charge >= 0.3 is 12.2 Å². The average molecular weight is 261 g/mol. The summed E-state index contributed by atoms with van der Waals surface area (Å²) in [5.41, 5.74) is -0.506. The molecule has 1 rings (SSSR count). The molecule has 0 saturated heterocycles. The van der Waals surface area contributed by atoms with Gasteiger partial charge in [-0.25, -0.2) is 0 Å². The Morgan fingerprint density at radius 1 is 1.61 bits per heavy atom. The lowest BCUT2D eigenvalue weighted by Gasteiger charge is -2.10. The molecule has 0 N–H and O–H groups in total. The summed E-state index contributed by atoms with van der Waals surface area (Å²) in [5, 5.41) is 19.1. The lowest BCUT2D eigenvalue weighted by atomic mass is 10.1. The molecule has 1 aromatic heterocycles. The van der Waals surface area contributed by atoms with E-state index in [9.17, 15) is 23.3 Å². The van der Waals surface area contributed by atoms with Crippen LogP contribution in [0.2, 0.25) is 0 Å². The van der Waals surface area contributed by atoms with Crippen molar-refractivity contribution in [2.24, 2.45) is 0 Å². The average Bonchev–Trinajstić information content (AvgIpc) is 2.20. The molecular weight excluding hydrogens is 255 g/mol. The topological polar surface area (TPSA) is 89.0 Å². The second-order valence-electron chi connectivity index (χ2n) is 3.19. The third-order valence-corrected chi connectivity index (χ3v) is 1.89. The number of nitro groups is 1. The summed E-state index contributed by atoms with van der Waals surface area (Å²) in [7, 11) is 0. The second kappa shape index (κ2) is 4.87. The first-order chi connectivity index (χ1) is 8.24. The standard InChI is InChI=1S/C9H6F3N3O3/c1-5-7(18-9(10,11)12)4-6(2-3-13)8(14-5)15(16)17/h4H,2H2,1H3. The van der Waals surface area contributed by atoms with Crippen LogP contribution in [0.3, 0.4) is 0 Å². The number of alkyl halides is 3. The zero-order valence-electron chi connectivity index (χ0n) is 8.98. The highest BCUT2D eigenvalue weighted by Crippen LogP contribution is 2.29. The molecule has 9 heteroatoms. The molecule has 0 aromatic carbocycles. The first kappa shape index (κ1) is 13.7. The van der Waals surface area contributed by atoms with E-state index >= 15 is 0 Å². The Hall–Kier alpha value is -2.37. The third kappa shape index (κ3) is 3.31. The monoisotopic (exact) mass is 261 g/mol. The van der Waals surface area contributed by atoms with E-state index in [-0.39, 0.29) is 11.3 Å². The van der Waals surface area contributed by atoms with Gasteiger partial charge in [-0.3, -0.25) is 0 Å². The summed E-state index contributed by atoms with van der Waals surface area (Å²) in [6.45, 7) is 1.14. The Morgan fingerprint density at radius 2 is 2.22 bits per heavy atom. The van der Waals surface area contributed by atoms with E-state index in [2.05, 4.69) is 9.72 Å². The van der Waals surface area contributed by atoms with Gasteiger partial charge in [-0.05, 0) is 16.0 Å². The quantitative estimate of drug-likeness (QED) is 0.615. The summed E-state index contributed by atoms with van der Waals surface area (Å²) in [5.74, 6) is -1.30. The first-order valence-electron chi connectivity index (χ1n) is 4.52. The van der Waals surface area contributed by atoms with E-state index < -0.39 is 29.3 Å². The van der Waals surface area contributed by atoms with Crippen LogP contribution in [0.4, 0.5) is 19.0 Å². The van der Waals surface area contributed by atoms with Crippen molar-refractivity contribution in [2.45, 2.75) is 19.7 Å². The van der Waals surface area contributed by atoms with Crippen molar-refractivity contribution in [3.63, 3.8) is 0 Å². The fourth-order valence-electron chi connectivity index (χ4n) is 1.21. The van der Waals surface area contributed by atoms with E-state index in [1.54, 1.807) is 6.07 Å². The predicted octanol–water partition coefficient (Wildman–Crippen LogP) is 2.26. The maximum absolute atomic E-state index is 12.0. The number of aryl methyl sites for hydroxylation is 1. The fourth-order valence-corrected chi connectivity index (χ4v) is 1.21. The van der Waals surface area contributed by atoms with Gasteiger partial charge in [0.2, 0.25) is 0 Å². The van der Waals surface area contributed by atoms with Crippen LogP contribution in [0.5, 0.6) is 5.75 Å². The summed E-state index contributed by atoms with van der Waals surface area (Å²) in [6.07, 6.45) is -5.36. The van der Waals surface area contributed by atoms with E-state index in [0.717, 1.165) is 13.0 Å². The summed E-state index contributed by atoms with van der Waals surface area (Å²) in [6, 6.07) is 2.41. The third-order valence-electron chi connectivity index (χ3n) is 1.89. The number of pyridine rings is 1. The van der Waals surface area contributed by atoms with Gasteiger partial charge in [0, 0.05) is 6.92 Å². The van der Waals surface area contributed by atoms with Gasteiger partial charge in [-0.2, -0.15) is 5.26 Å². The molecule has 6 nitrogen and oxygen atoms in total. The lowest BCUT2D eigenvalue weighted by molar-refractivity contribution is -0.390. The minimum atomic E-state index is -4.92. The number of rotatable bonds is 3. The lowest BCUT2D eigenvalue weighted by Crippen LogP contribution is -2.18. The number of aromatic nitrogens is 1. The molecule has 0 saturated carbocycles. The SMILES string of the molecule is Cc1nc([N+](=O)[O-])c(CC#N)cc1OC(F)(F)F. The van der Waals surface area contributed by atoms with Gasteiger partial charge in [0.1, 0.15) is 0 Å². The van der Waals surface area contributed by atoms with Crippen molar-refractivity contribution in [1.29, 1.82) is 5.26 Å². The molecule has 18 heavy (non-hydrogen) atoms. The molecule has 0 fully saturated rings. The molecular formula is C9H6F3N3O3. The first-order valence-corrected chi connectivity index (χ1v) is 4.52. The molecule has 0 radical (unpaired) electrons. The van der Waals surface area contributed by atoms with Gasteiger partial charge in [-0.1, -0.05) is 0 Å². The molecule has 0 bridgehead atoms. The Balaban J connectivity index is 3.28.